The number of imide groups is 1. The highest BCUT2D eigenvalue weighted by Crippen LogP contribution is 2.37. The number of benzene rings is 2. The van der Waals surface area contributed by atoms with E-state index in [1.807, 2.05) is 56.9 Å². The fraction of sp³-hybridized carbons (Fsp3) is 0.360. The van der Waals surface area contributed by atoms with Gasteiger partial charge in [0, 0.05) is 18.1 Å². The lowest BCUT2D eigenvalue weighted by Gasteiger charge is -2.37. The smallest absolute Gasteiger partial charge is 0.282 e. The van der Waals surface area contributed by atoms with E-state index in [9.17, 15) is 9.59 Å². The van der Waals surface area contributed by atoms with Crippen LogP contribution in [0.1, 0.15) is 33.3 Å². The van der Waals surface area contributed by atoms with Crippen molar-refractivity contribution in [3.63, 3.8) is 0 Å². The summed E-state index contributed by atoms with van der Waals surface area (Å²) in [5, 5.41) is 0.460. The van der Waals surface area contributed by atoms with Gasteiger partial charge in [-0.1, -0.05) is 29.8 Å². The SMILES string of the molecule is CC(C)Oc1ccc(C2=C(N3CC(C)OC(C)C3)C(=O)N(c3cccc(Cl)c3)C2=O)cc1. The summed E-state index contributed by atoms with van der Waals surface area (Å²) in [6.45, 7) is 8.91. The third-order valence-corrected chi connectivity index (χ3v) is 5.61. The molecular formula is C25H27ClN2O4. The maximum atomic E-state index is 13.6. The number of hydrogen-bond acceptors (Lipinski definition) is 5. The molecule has 0 aliphatic carbocycles. The lowest BCUT2D eigenvalue weighted by Crippen LogP contribution is -2.47. The van der Waals surface area contributed by atoms with Gasteiger partial charge in [0.2, 0.25) is 0 Å². The van der Waals surface area contributed by atoms with Gasteiger partial charge >= 0.3 is 0 Å². The Morgan fingerprint density at radius 3 is 2.25 bits per heavy atom. The average Bonchev–Trinajstić information content (AvgIpc) is 2.97. The molecule has 2 aromatic rings. The lowest BCUT2D eigenvalue weighted by atomic mass is 10.0. The van der Waals surface area contributed by atoms with Crippen LogP contribution in [0.3, 0.4) is 0 Å². The number of anilines is 1. The van der Waals surface area contributed by atoms with Crippen LogP contribution in [0.15, 0.2) is 54.2 Å². The highest BCUT2D eigenvalue weighted by molar-refractivity contribution is 6.45. The van der Waals surface area contributed by atoms with Crippen molar-refractivity contribution in [3.8, 4) is 5.75 Å². The zero-order valence-corrected chi connectivity index (χ0v) is 19.4. The fourth-order valence-corrected chi connectivity index (χ4v) is 4.44. The molecule has 4 rings (SSSR count). The number of rotatable bonds is 5. The topological polar surface area (TPSA) is 59.1 Å². The van der Waals surface area contributed by atoms with E-state index in [0.29, 0.717) is 46.4 Å². The van der Waals surface area contributed by atoms with Gasteiger partial charge in [-0.25, -0.2) is 4.90 Å². The third-order valence-electron chi connectivity index (χ3n) is 5.38. The summed E-state index contributed by atoms with van der Waals surface area (Å²) in [6, 6.07) is 14.1. The van der Waals surface area contributed by atoms with Gasteiger partial charge in [-0.2, -0.15) is 0 Å². The molecule has 1 saturated heterocycles. The number of ether oxygens (including phenoxy) is 2. The quantitative estimate of drug-likeness (QED) is 0.621. The summed E-state index contributed by atoms with van der Waals surface area (Å²) in [6.07, 6.45) is -0.0742. The van der Waals surface area contributed by atoms with Gasteiger partial charge in [-0.3, -0.25) is 9.59 Å². The molecule has 0 spiro atoms. The molecular weight excluding hydrogens is 428 g/mol. The van der Waals surface area contributed by atoms with Crippen LogP contribution < -0.4 is 9.64 Å². The Labute approximate surface area is 193 Å². The largest absolute Gasteiger partial charge is 0.491 e. The van der Waals surface area contributed by atoms with Crippen molar-refractivity contribution in [2.24, 2.45) is 0 Å². The molecule has 2 aliphatic heterocycles. The first-order valence-electron chi connectivity index (χ1n) is 10.8. The monoisotopic (exact) mass is 454 g/mol. The van der Waals surface area contributed by atoms with Crippen molar-refractivity contribution in [1.29, 1.82) is 0 Å². The molecule has 0 radical (unpaired) electrons. The molecule has 2 aliphatic rings. The average molecular weight is 455 g/mol. The van der Waals surface area contributed by atoms with E-state index in [0.717, 1.165) is 0 Å². The first-order valence-corrected chi connectivity index (χ1v) is 11.2. The van der Waals surface area contributed by atoms with Crippen LogP contribution >= 0.6 is 11.6 Å². The van der Waals surface area contributed by atoms with Crippen LogP contribution in [0.4, 0.5) is 5.69 Å². The Morgan fingerprint density at radius 1 is 1.00 bits per heavy atom. The Kier molecular flexibility index (Phi) is 6.26. The highest BCUT2D eigenvalue weighted by atomic mass is 35.5. The molecule has 7 heteroatoms. The molecule has 2 heterocycles. The van der Waals surface area contributed by atoms with Crippen molar-refractivity contribution < 1.29 is 19.1 Å². The van der Waals surface area contributed by atoms with E-state index in [1.165, 1.54) is 4.90 Å². The molecule has 2 atom stereocenters. The van der Waals surface area contributed by atoms with Crippen LogP contribution in [0.2, 0.25) is 5.02 Å². The molecule has 6 nitrogen and oxygen atoms in total. The number of morpholine rings is 1. The number of carbonyl (C=O) groups is 2. The van der Waals surface area contributed by atoms with Gasteiger partial charge in [0.25, 0.3) is 11.8 Å². The molecule has 2 aromatic carbocycles. The van der Waals surface area contributed by atoms with Crippen LogP contribution in [0.25, 0.3) is 5.57 Å². The van der Waals surface area contributed by atoms with Gasteiger partial charge in [0.15, 0.2) is 0 Å². The van der Waals surface area contributed by atoms with Gasteiger partial charge in [-0.15, -0.1) is 0 Å². The Hall–Kier alpha value is -2.83. The molecule has 2 unspecified atom stereocenters. The summed E-state index contributed by atoms with van der Waals surface area (Å²) in [7, 11) is 0. The van der Waals surface area contributed by atoms with Crippen molar-refractivity contribution in [1.82, 2.24) is 4.90 Å². The Balaban J connectivity index is 1.79. The minimum atomic E-state index is -0.364. The highest BCUT2D eigenvalue weighted by Gasteiger charge is 2.43. The van der Waals surface area contributed by atoms with E-state index < -0.39 is 0 Å². The third kappa shape index (κ3) is 4.38. The van der Waals surface area contributed by atoms with E-state index in [2.05, 4.69) is 0 Å². The van der Waals surface area contributed by atoms with Crippen LogP contribution in [0, 0.1) is 0 Å². The second-order valence-electron chi connectivity index (χ2n) is 8.50. The summed E-state index contributed by atoms with van der Waals surface area (Å²) >= 11 is 6.15. The first-order chi connectivity index (χ1) is 15.2. The number of halogens is 1. The standard InChI is InChI=1S/C25H27ClN2O4/c1-15(2)31-21-10-8-18(9-11-21)22-23(27-13-16(3)32-17(4)14-27)25(30)28(24(22)29)20-7-5-6-19(26)12-20/h5-12,15-17H,13-14H2,1-4H3. The summed E-state index contributed by atoms with van der Waals surface area (Å²) in [5.74, 6) is -0.00403. The van der Waals surface area contributed by atoms with Crippen molar-refractivity contribution in [2.75, 3.05) is 18.0 Å². The zero-order valence-electron chi connectivity index (χ0n) is 18.7. The second-order valence-corrected chi connectivity index (χ2v) is 8.94. The summed E-state index contributed by atoms with van der Waals surface area (Å²) in [5.41, 5.74) is 1.90. The van der Waals surface area contributed by atoms with Crippen LogP contribution in [0.5, 0.6) is 5.75 Å². The van der Waals surface area contributed by atoms with Crippen molar-refractivity contribution in [3.05, 3.63) is 64.8 Å². The van der Waals surface area contributed by atoms with Gasteiger partial charge in [-0.05, 0) is 63.6 Å². The fourth-order valence-electron chi connectivity index (χ4n) is 4.25. The molecule has 2 amide bonds. The lowest BCUT2D eigenvalue weighted by molar-refractivity contribution is -0.121. The van der Waals surface area contributed by atoms with Crippen LogP contribution in [-0.2, 0) is 14.3 Å². The molecule has 0 bridgehead atoms. The normalized spacial score (nSPS) is 21.7. The van der Waals surface area contributed by atoms with Gasteiger partial charge in [0.05, 0.1) is 29.6 Å². The number of amides is 2. The minimum Gasteiger partial charge on any atom is -0.491 e. The van der Waals surface area contributed by atoms with Crippen molar-refractivity contribution in [2.45, 2.75) is 46.0 Å². The molecule has 0 saturated carbocycles. The maximum Gasteiger partial charge on any atom is 0.282 e. The van der Waals surface area contributed by atoms with E-state index in [1.54, 1.807) is 24.3 Å². The van der Waals surface area contributed by atoms with E-state index in [-0.39, 0.29) is 30.1 Å². The summed E-state index contributed by atoms with van der Waals surface area (Å²) in [4.78, 5) is 30.4. The Morgan fingerprint density at radius 2 is 1.66 bits per heavy atom. The van der Waals surface area contributed by atoms with Crippen LogP contribution in [-0.4, -0.2) is 48.1 Å². The zero-order chi connectivity index (χ0) is 23.0. The molecule has 0 N–H and O–H groups in total. The van der Waals surface area contributed by atoms with Gasteiger partial charge in [0.1, 0.15) is 11.4 Å². The number of nitrogens with zero attached hydrogens (tertiary/aromatic N) is 2. The minimum absolute atomic E-state index is 0.0416. The molecule has 0 aromatic heterocycles. The van der Waals surface area contributed by atoms with E-state index in [4.69, 9.17) is 21.1 Å². The maximum absolute atomic E-state index is 13.6. The first kappa shape index (κ1) is 22.4. The predicted octanol–water partition coefficient (Wildman–Crippen LogP) is 4.52. The molecule has 32 heavy (non-hydrogen) atoms. The second kappa shape index (κ2) is 8.96. The summed E-state index contributed by atoms with van der Waals surface area (Å²) < 4.78 is 11.6. The van der Waals surface area contributed by atoms with Gasteiger partial charge < -0.3 is 14.4 Å². The Bertz CT molecular complexity index is 1050. The number of hydrogen-bond donors (Lipinski definition) is 0. The van der Waals surface area contributed by atoms with Crippen molar-refractivity contribution >= 4 is 34.7 Å². The predicted molar refractivity (Wildman–Crippen MR) is 125 cm³/mol. The molecule has 1 fully saturated rings. The van der Waals surface area contributed by atoms with E-state index >= 15 is 0 Å². The number of carbonyl (C=O) groups excluding carboxylic acids is 2. The molecule has 168 valence electrons.